The third-order valence-electron chi connectivity index (χ3n) is 6.26. The number of carbonyl (C=O) groups excluding carboxylic acids is 2. The molecule has 200 valence electrons. The molecular formula is C26H34ClFN6O2S. The molecule has 2 amide bonds. The van der Waals surface area contributed by atoms with Gasteiger partial charge in [0.25, 0.3) is 5.91 Å². The lowest BCUT2D eigenvalue weighted by Gasteiger charge is -2.21. The highest BCUT2D eigenvalue weighted by molar-refractivity contribution is 7.14. The first-order chi connectivity index (χ1) is 17.8. The van der Waals surface area contributed by atoms with Crippen LogP contribution in [0, 0.1) is 12.8 Å². The summed E-state index contributed by atoms with van der Waals surface area (Å²) < 4.78 is 12.4. The summed E-state index contributed by atoms with van der Waals surface area (Å²) in [6.07, 6.45) is 8.96. The Morgan fingerprint density at radius 2 is 2.11 bits per heavy atom. The van der Waals surface area contributed by atoms with E-state index in [1.54, 1.807) is 12.3 Å². The summed E-state index contributed by atoms with van der Waals surface area (Å²) in [5, 5.41) is 9.55. The highest BCUT2D eigenvalue weighted by Gasteiger charge is 2.28. The van der Waals surface area contributed by atoms with Crippen LogP contribution in [0.25, 0.3) is 0 Å². The number of hydrogen-bond acceptors (Lipinski definition) is 7. The van der Waals surface area contributed by atoms with Crippen molar-refractivity contribution in [2.75, 3.05) is 18.5 Å². The topological polar surface area (TPSA) is 122 Å². The second-order valence-electron chi connectivity index (χ2n) is 9.10. The first-order valence-electron chi connectivity index (χ1n) is 12.4. The van der Waals surface area contributed by atoms with Gasteiger partial charge in [0.05, 0.1) is 39.6 Å². The van der Waals surface area contributed by atoms with E-state index in [4.69, 9.17) is 17.3 Å². The number of pyridine rings is 1. The number of alkyl halides is 1. The third kappa shape index (κ3) is 8.53. The number of nitrogens with zero attached hydrogens (tertiary/aromatic N) is 2. The summed E-state index contributed by atoms with van der Waals surface area (Å²) in [6.45, 7) is 3.27. The van der Waals surface area contributed by atoms with Gasteiger partial charge in [0, 0.05) is 23.5 Å². The number of nitrogens with one attached hydrogen (secondary N) is 3. The molecule has 5 N–H and O–H groups in total. The van der Waals surface area contributed by atoms with Crippen LogP contribution in [0.5, 0.6) is 0 Å². The molecule has 0 unspecified atom stereocenters. The molecule has 0 aliphatic heterocycles. The number of amides is 2. The van der Waals surface area contributed by atoms with Gasteiger partial charge < -0.3 is 21.7 Å². The lowest BCUT2D eigenvalue weighted by Crippen LogP contribution is -2.47. The molecule has 0 radical (unpaired) electrons. The fourth-order valence-electron chi connectivity index (χ4n) is 4.26. The molecule has 2 aromatic rings. The molecule has 2 heterocycles. The Balaban J connectivity index is 1.68. The van der Waals surface area contributed by atoms with E-state index in [9.17, 15) is 14.0 Å². The van der Waals surface area contributed by atoms with Crippen molar-refractivity contribution in [3.63, 3.8) is 0 Å². The summed E-state index contributed by atoms with van der Waals surface area (Å²) in [6, 6.07) is 4.66. The van der Waals surface area contributed by atoms with Gasteiger partial charge in [-0.05, 0) is 44.4 Å². The second kappa shape index (κ2) is 14.1. The van der Waals surface area contributed by atoms with E-state index in [-0.39, 0.29) is 30.1 Å². The highest BCUT2D eigenvalue weighted by Crippen LogP contribution is 2.30. The van der Waals surface area contributed by atoms with Crippen molar-refractivity contribution in [1.29, 1.82) is 0 Å². The standard InChI is InChI=1S/C26H34ClFN6O2S/c1-16-21(12-19(27)14-31-16)32-17(2)23-7-8-24(37-23)26(36)34-22(11-18-5-3-4-6-18)25(35)33-20(13-29)15-30-10-9-28/h7-8,12-15,17-18,22,32H,3-6,9-11,29H2,1-2H3,(H,33,35)(H,34,36)/b20-13+,30-15?/t17-,22-/m0/s1. The molecular weight excluding hydrogens is 515 g/mol. The minimum absolute atomic E-state index is 0.0170. The summed E-state index contributed by atoms with van der Waals surface area (Å²) >= 11 is 7.44. The van der Waals surface area contributed by atoms with E-state index in [0.717, 1.165) is 41.9 Å². The number of rotatable bonds is 12. The molecule has 3 rings (SSSR count). The van der Waals surface area contributed by atoms with Crippen molar-refractivity contribution in [2.24, 2.45) is 16.6 Å². The lowest BCUT2D eigenvalue weighted by molar-refractivity contribution is -0.122. The quantitative estimate of drug-likeness (QED) is 0.281. The first kappa shape index (κ1) is 28.6. The number of hydrogen-bond donors (Lipinski definition) is 4. The zero-order valence-electron chi connectivity index (χ0n) is 21.1. The van der Waals surface area contributed by atoms with Gasteiger partial charge >= 0.3 is 0 Å². The van der Waals surface area contributed by atoms with E-state index in [1.165, 1.54) is 23.8 Å². The van der Waals surface area contributed by atoms with E-state index in [2.05, 4.69) is 25.9 Å². The van der Waals surface area contributed by atoms with Gasteiger partial charge in [0.1, 0.15) is 12.7 Å². The number of allylic oxidation sites excluding steroid dienone is 1. The van der Waals surface area contributed by atoms with E-state index >= 15 is 0 Å². The molecule has 0 aromatic carbocycles. The fourth-order valence-corrected chi connectivity index (χ4v) is 5.34. The van der Waals surface area contributed by atoms with Crippen LogP contribution in [0.1, 0.15) is 65.3 Å². The fraction of sp³-hybridized carbons (Fsp3) is 0.462. The Hall–Kier alpha value is -2.98. The number of aromatic nitrogens is 1. The third-order valence-corrected chi connectivity index (χ3v) is 7.73. The number of anilines is 1. The molecule has 1 aliphatic rings. The Bertz CT molecular complexity index is 1130. The molecule has 1 fully saturated rings. The molecule has 37 heavy (non-hydrogen) atoms. The van der Waals surface area contributed by atoms with E-state index < -0.39 is 12.7 Å². The van der Waals surface area contributed by atoms with Crippen molar-refractivity contribution in [2.45, 2.75) is 58.0 Å². The minimum atomic E-state index is -0.735. The number of halogens is 2. The van der Waals surface area contributed by atoms with Gasteiger partial charge in [-0.15, -0.1) is 11.3 Å². The molecule has 2 aromatic heterocycles. The van der Waals surface area contributed by atoms with Crippen LogP contribution in [0.3, 0.4) is 0 Å². The average Bonchev–Trinajstić information content (AvgIpc) is 3.58. The van der Waals surface area contributed by atoms with E-state index in [1.807, 2.05) is 26.0 Å². The molecule has 11 heteroatoms. The Kier molecular flexibility index (Phi) is 10.9. The predicted octanol–water partition coefficient (Wildman–Crippen LogP) is 4.91. The maximum atomic E-state index is 13.2. The van der Waals surface area contributed by atoms with Crippen LogP contribution >= 0.6 is 22.9 Å². The van der Waals surface area contributed by atoms with Gasteiger partial charge in [-0.25, -0.2) is 4.39 Å². The van der Waals surface area contributed by atoms with Crippen LogP contribution in [0.4, 0.5) is 10.1 Å². The van der Waals surface area contributed by atoms with Gasteiger partial charge in [-0.3, -0.25) is 19.6 Å². The van der Waals surface area contributed by atoms with Gasteiger partial charge in [0.15, 0.2) is 0 Å². The molecule has 2 atom stereocenters. The van der Waals surface area contributed by atoms with Crippen molar-refractivity contribution < 1.29 is 14.0 Å². The summed E-state index contributed by atoms with van der Waals surface area (Å²) in [5.74, 6) is -0.329. The van der Waals surface area contributed by atoms with Crippen LogP contribution in [-0.2, 0) is 4.79 Å². The Morgan fingerprint density at radius 3 is 2.81 bits per heavy atom. The zero-order chi connectivity index (χ0) is 26.8. The molecule has 0 bridgehead atoms. The Morgan fingerprint density at radius 1 is 1.35 bits per heavy atom. The van der Waals surface area contributed by atoms with Crippen molar-refractivity contribution in [3.05, 3.63) is 56.8 Å². The summed E-state index contributed by atoms with van der Waals surface area (Å²) in [4.78, 5) is 35.9. The number of nitrogens with two attached hydrogens (primary N) is 1. The minimum Gasteiger partial charge on any atom is -0.403 e. The average molecular weight is 549 g/mol. The van der Waals surface area contributed by atoms with Gasteiger partial charge in [-0.2, -0.15) is 0 Å². The number of thiophene rings is 1. The molecule has 0 saturated heterocycles. The monoisotopic (exact) mass is 548 g/mol. The maximum Gasteiger partial charge on any atom is 0.262 e. The second-order valence-corrected chi connectivity index (χ2v) is 10.7. The summed E-state index contributed by atoms with van der Waals surface area (Å²) in [7, 11) is 0. The highest BCUT2D eigenvalue weighted by atomic mass is 35.5. The normalized spacial score (nSPS) is 16.1. The van der Waals surface area contributed by atoms with Crippen LogP contribution in [0.15, 0.2) is 41.3 Å². The SMILES string of the molecule is Cc1ncc(Cl)cc1N[C@@H](C)c1ccc(C(=O)N[C@@H](CC2CCCC2)C(=O)N/C(C=NCCF)=C/N)s1. The number of aliphatic imine (C=N–C) groups is 1. The predicted molar refractivity (Wildman–Crippen MR) is 148 cm³/mol. The van der Waals surface area contributed by atoms with Crippen LogP contribution < -0.4 is 21.7 Å². The number of carbonyl (C=O) groups is 2. The molecule has 1 aliphatic carbocycles. The van der Waals surface area contributed by atoms with Crippen LogP contribution in [0.2, 0.25) is 5.02 Å². The first-order valence-corrected chi connectivity index (χ1v) is 13.6. The smallest absolute Gasteiger partial charge is 0.262 e. The van der Waals surface area contributed by atoms with Crippen molar-refractivity contribution >= 4 is 46.7 Å². The largest absolute Gasteiger partial charge is 0.403 e. The Labute approximate surface area is 226 Å². The van der Waals surface area contributed by atoms with Crippen LogP contribution in [-0.4, -0.2) is 42.3 Å². The van der Waals surface area contributed by atoms with Crippen molar-refractivity contribution in [1.82, 2.24) is 15.6 Å². The number of aryl methyl sites for hydroxylation is 1. The lowest BCUT2D eigenvalue weighted by atomic mass is 9.97. The molecule has 0 spiro atoms. The zero-order valence-corrected chi connectivity index (χ0v) is 22.7. The van der Waals surface area contributed by atoms with Gasteiger partial charge in [-0.1, -0.05) is 37.3 Å². The molecule has 8 nitrogen and oxygen atoms in total. The summed E-state index contributed by atoms with van der Waals surface area (Å²) in [5.41, 5.74) is 7.51. The van der Waals surface area contributed by atoms with Gasteiger partial charge in [0.2, 0.25) is 5.91 Å². The van der Waals surface area contributed by atoms with Crippen molar-refractivity contribution in [3.8, 4) is 0 Å². The molecule has 1 saturated carbocycles. The van der Waals surface area contributed by atoms with E-state index in [0.29, 0.717) is 22.2 Å². The maximum absolute atomic E-state index is 13.2.